The molecular formula is C20H27BrN2O3. The van der Waals surface area contributed by atoms with E-state index >= 15 is 0 Å². The quantitative estimate of drug-likeness (QED) is 0.668. The monoisotopic (exact) mass is 422 g/mol. The van der Waals surface area contributed by atoms with Crippen LogP contribution >= 0.6 is 15.9 Å². The zero-order valence-electron chi connectivity index (χ0n) is 16.0. The molecule has 1 aromatic carbocycles. The lowest BCUT2D eigenvalue weighted by atomic mass is 9.77. The largest absolute Gasteiger partial charge is 0.444 e. The molecule has 1 spiro atoms. The van der Waals surface area contributed by atoms with E-state index in [1.165, 1.54) is 0 Å². The first-order valence-electron chi connectivity index (χ1n) is 9.17. The predicted molar refractivity (Wildman–Crippen MR) is 105 cm³/mol. The molecule has 0 aliphatic carbocycles. The number of likely N-dealkylation sites (tertiary alicyclic amines) is 1. The van der Waals surface area contributed by atoms with Crippen molar-refractivity contribution in [1.29, 1.82) is 0 Å². The Morgan fingerprint density at radius 1 is 1.15 bits per heavy atom. The minimum Gasteiger partial charge on any atom is -0.444 e. The molecule has 0 N–H and O–H groups in total. The number of ether oxygens (including phenoxy) is 1. The molecule has 2 fully saturated rings. The van der Waals surface area contributed by atoms with Gasteiger partial charge in [-0.15, -0.1) is 0 Å². The van der Waals surface area contributed by atoms with Crippen molar-refractivity contribution in [3.05, 3.63) is 28.2 Å². The standard InChI is InChI=1S/C20H27BrN2O3/c1-14-13-15(21)5-6-16(14)23-12-9-20(17(23)24)7-10-22(11-8-20)18(25)26-19(2,3)4/h5-6,13H,7-12H2,1-4H3. The molecule has 3 rings (SSSR count). The Bertz CT molecular complexity index is 718. The van der Waals surface area contributed by atoms with E-state index in [9.17, 15) is 9.59 Å². The van der Waals surface area contributed by atoms with Crippen LogP contribution in [0.25, 0.3) is 0 Å². The summed E-state index contributed by atoms with van der Waals surface area (Å²) < 4.78 is 6.48. The van der Waals surface area contributed by atoms with Crippen molar-refractivity contribution in [2.24, 2.45) is 5.41 Å². The van der Waals surface area contributed by atoms with Crippen molar-refractivity contribution in [3.8, 4) is 0 Å². The molecule has 0 atom stereocenters. The van der Waals surface area contributed by atoms with Crippen LogP contribution in [-0.2, 0) is 9.53 Å². The number of nitrogens with zero attached hydrogens (tertiary/aromatic N) is 2. The van der Waals surface area contributed by atoms with Crippen molar-refractivity contribution < 1.29 is 14.3 Å². The van der Waals surface area contributed by atoms with Crippen LogP contribution in [0.15, 0.2) is 22.7 Å². The van der Waals surface area contributed by atoms with Crippen LogP contribution in [0.3, 0.4) is 0 Å². The van der Waals surface area contributed by atoms with Gasteiger partial charge in [0.1, 0.15) is 5.60 Å². The number of piperidine rings is 1. The summed E-state index contributed by atoms with van der Waals surface area (Å²) in [6, 6.07) is 6.02. The molecule has 6 heteroatoms. The Labute approximate surface area is 163 Å². The van der Waals surface area contributed by atoms with Gasteiger partial charge in [-0.25, -0.2) is 4.79 Å². The highest BCUT2D eigenvalue weighted by atomic mass is 79.9. The summed E-state index contributed by atoms with van der Waals surface area (Å²) in [4.78, 5) is 29.1. The number of hydrogen-bond donors (Lipinski definition) is 0. The van der Waals surface area contributed by atoms with Gasteiger partial charge in [0.25, 0.3) is 0 Å². The fourth-order valence-corrected chi connectivity index (χ4v) is 4.36. The Kier molecular flexibility index (Phi) is 5.08. The molecule has 0 saturated carbocycles. The van der Waals surface area contributed by atoms with E-state index in [0.717, 1.165) is 28.7 Å². The first kappa shape index (κ1) is 19.2. The van der Waals surface area contributed by atoms with Crippen LogP contribution in [0, 0.1) is 12.3 Å². The Morgan fingerprint density at radius 3 is 2.35 bits per heavy atom. The third-order valence-corrected chi connectivity index (χ3v) is 5.83. The first-order valence-corrected chi connectivity index (χ1v) is 9.97. The molecule has 2 aliphatic heterocycles. The minimum atomic E-state index is -0.495. The van der Waals surface area contributed by atoms with E-state index in [1.807, 2.05) is 50.8 Å². The van der Waals surface area contributed by atoms with Crippen LogP contribution in [-0.4, -0.2) is 42.1 Å². The Balaban J connectivity index is 1.68. The second-order valence-corrected chi connectivity index (χ2v) is 9.30. The van der Waals surface area contributed by atoms with Gasteiger partial charge in [-0.3, -0.25) is 4.79 Å². The number of amides is 2. The van der Waals surface area contributed by atoms with Crippen LogP contribution in [0.2, 0.25) is 0 Å². The second-order valence-electron chi connectivity index (χ2n) is 8.39. The molecule has 0 aromatic heterocycles. The zero-order chi connectivity index (χ0) is 19.1. The lowest BCUT2D eigenvalue weighted by Gasteiger charge is -2.38. The topological polar surface area (TPSA) is 49.9 Å². The summed E-state index contributed by atoms with van der Waals surface area (Å²) in [5.41, 5.74) is 1.25. The molecule has 142 valence electrons. The summed E-state index contributed by atoms with van der Waals surface area (Å²) in [7, 11) is 0. The highest BCUT2D eigenvalue weighted by Gasteiger charge is 2.49. The number of rotatable bonds is 1. The van der Waals surface area contributed by atoms with E-state index in [1.54, 1.807) is 4.90 Å². The smallest absolute Gasteiger partial charge is 0.410 e. The third-order valence-electron chi connectivity index (χ3n) is 5.33. The average molecular weight is 423 g/mol. The number of benzene rings is 1. The Hall–Kier alpha value is -1.56. The average Bonchev–Trinajstić information content (AvgIpc) is 2.84. The maximum Gasteiger partial charge on any atom is 0.410 e. The molecule has 0 unspecified atom stereocenters. The highest BCUT2D eigenvalue weighted by Crippen LogP contribution is 2.44. The van der Waals surface area contributed by atoms with Crippen LogP contribution in [0.1, 0.15) is 45.6 Å². The number of carbonyl (C=O) groups is 2. The van der Waals surface area contributed by atoms with E-state index in [4.69, 9.17) is 4.74 Å². The van der Waals surface area contributed by atoms with Crippen molar-refractivity contribution in [3.63, 3.8) is 0 Å². The number of hydrogen-bond acceptors (Lipinski definition) is 3. The van der Waals surface area contributed by atoms with Crippen LogP contribution < -0.4 is 4.90 Å². The predicted octanol–water partition coefficient (Wildman–Crippen LogP) is 4.51. The van der Waals surface area contributed by atoms with E-state index in [0.29, 0.717) is 25.9 Å². The van der Waals surface area contributed by atoms with Crippen molar-refractivity contribution in [2.45, 2.75) is 52.6 Å². The van der Waals surface area contributed by atoms with Crippen molar-refractivity contribution in [2.75, 3.05) is 24.5 Å². The number of anilines is 1. The number of halogens is 1. The lowest BCUT2D eigenvalue weighted by Crippen LogP contribution is -2.48. The first-order chi connectivity index (χ1) is 12.1. The third kappa shape index (κ3) is 3.75. The zero-order valence-corrected chi connectivity index (χ0v) is 17.6. The molecule has 2 aliphatic rings. The van der Waals surface area contributed by atoms with E-state index in [-0.39, 0.29) is 17.4 Å². The van der Waals surface area contributed by atoms with Gasteiger partial charge in [0.2, 0.25) is 5.91 Å². The molecular weight excluding hydrogens is 396 g/mol. The summed E-state index contributed by atoms with van der Waals surface area (Å²) >= 11 is 3.48. The maximum absolute atomic E-state index is 13.2. The summed E-state index contributed by atoms with van der Waals surface area (Å²) in [5, 5.41) is 0. The number of aryl methyl sites for hydroxylation is 1. The summed E-state index contributed by atoms with van der Waals surface area (Å²) in [6.07, 6.45) is 1.98. The molecule has 1 aromatic rings. The maximum atomic E-state index is 13.2. The molecule has 5 nitrogen and oxygen atoms in total. The van der Waals surface area contributed by atoms with Gasteiger partial charge < -0.3 is 14.5 Å². The summed E-state index contributed by atoms with van der Waals surface area (Å²) in [6.45, 7) is 9.54. The van der Waals surface area contributed by atoms with E-state index in [2.05, 4.69) is 15.9 Å². The minimum absolute atomic E-state index is 0.201. The van der Waals surface area contributed by atoms with Gasteiger partial charge in [0.15, 0.2) is 0 Å². The normalized spacial score (nSPS) is 20.0. The molecule has 2 amide bonds. The number of carbonyl (C=O) groups excluding carboxylic acids is 2. The van der Waals surface area contributed by atoms with Crippen LogP contribution in [0.4, 0.5) is 10.5 Å². The highest BCUT2D eigenvalue weighted by molar-refractivity contribution is 9.10. The SMILES string of the molecule is Cc1cc(Br)ccc1N1CCC2(CCN(C(=O)OC(C)(C)C)CC2)C1=O. The van der Waals surface area contributed by atoms with Gasteiger partial charge in [-0.1, -0.05) is 15.9 Å². The van der Waals surface area contributed by atoms with Gasteiger partial charge in [0, 0.05) is 29.8 Å². The van der Waals surface area contributed by atoms with Crippen molar-refractivity contribution >= 4 is 33.6 Å². The second kappa shape index (κ2) is 6.87. The van der Waals surface area contributed by atoms with Gasteiger partial charge in [0.05, 0.1) is 5.41 Å². The Morgan fingerprint density at radius 2 is 1.77 bits per heavy atom. The molecule has 0 radical (unpaired) electrons. The lowest BCUT2D eigenvalue weighted by molar-refractivity contribution is -0.128. The molecule has 2 saturated heterocycles. The van der Waals surface area contributed by atoms with E-state index < -0.39 is 5.60 Å². The molecule has 0 bridgehead atoms. The summed E-state index contributed by atoms with van der Waals surface area (Å²) in [5.74, 6) is 0.201. The van der Waals surface area contributed by atoms with Gasteiger partial charge in [-0.05, 0) is 70.7 Å². The van der Waals surface area contributed by atoms with Crippen LogP contribution in [0.5, 0.6) is 0 Å². The van der Waals surface area contributed by atoms with Crippen molar-refractivity contribution in [1.82, 2.24) is 4.90 Å². The fraction of sp³-hybridized carbons (Fsp3) is 0.600. The fourth-order valence-electron chi connectivity index (χ4n) is 3.88. The molecule has 26 heavy (non-hydrogen) atoms. The van der Waals surface area contributed by atoms with Gasteiger partial charge in [-0.2, -0.15) is 0 Å². The molecule has 2 heterocycles. The van der Waals surface area contributed by atoms with Gasteiger partial charge >= 0.3 is 6.09 Å².